The van der Waals surface area contributed by atoms with Crippen LogP contribution >= 0.6 is 0 Å². The van der Waals surface area contributed by atoms with Crippen molar-refractivity contribution in [1.82, 2.24) is 19.6 Å². The zero-order valence-electron chi connectivity index (χ0n) is 12.9. The lowest BCUT2D eigenvalue weighted by Gasteiger charge is -2.02. The molecule has 1 amide bonds. The number of carbonyl (C=O) groups is 1. The number of halogens is 1. The summed E-state index contributed by atoms with van der Waals surface area (Å²) >= 11 is 0. The highest BCUT2D eigenvalue weighted by Crippen LogP contribution is 2.09. The quantitative estimate of drug-likeness (QED) is 0.542. The lowest BCUT2D eigenvalue weighted by Crippen LogP contribution is -2.19. The molecule has 0 spiro atoms. The Morgan fingerprint density at radius 2 is 1.84 bits per heavy atom. The van der Waals surface area contributed by atoms with E-state index in [4.69, 9.17) is 0 Å². The van der Waals surface area contributed by atoms with Crippen molar-refractivity contribution >= 4 is 17.5 Å². The smallest absolute Gasteiger partial charge is 0.358 e. The molecule has 0 radical (unpaired) electrons. The van der Waals surface area contributed by atoms with Crippen molar-refractivity contribution in [2.24, 2.45) is 0 Å². The fraction of sp³-hybridized carbons (Fsp3) is 0.133. The van der Waals surface area contributed by atoms with E-state index in [0.29, 0.717) is 12.4 Å². The predicted octanol–water partition coefficient (Wildman–Crippen LogP) is 1.81. The molecular formula is C15H13FN6O3. The fourth-order valence-electron chi connectivity index (χ4n) is 2.16. The minimum absolute atomic E-state index is 0.168. The van der Waals surface area contributed by atoms with Crippen LogP contribution in [0.4, 0.5) is 16.0 Å². The van der Waals surface area contributed by atoms with Crippen LogP contribution in [0.15, 0.2) is 48.8 Å². The summed E-state index contributed by atoms with van der Waals surface area (Å²) in [7, 11) is 0. The minimum atomic E-state index is -0.633. The molecule has 0 unspecified atom stereocenters. The first-order valence-electron chi connectivity index (χ1n) is 7.25. The molecule has 9 nitrogen and oxygen atoms in total. The van der Waals surface area contributed by atoms with Gasteiger partial charge in [-0.15, -0.1) is 0 Å². The number of anilines is 1. The lowest BCUT2D eigenvalue weighted by atomic mass is 10.2. The second-order valence-electron chi connectivity index (χ2n) is 5.20. The molecule has 0 saturated heterocycles. The molecule has 0 fully saturated rings. The van der Waals surface area contributed by atoms with Gasteiger partial charge >= 0.3 is 5.82 Å². The van der Waals surface area contributed by atoms with Crippen molar-refractivity contribution in [2.45, 2.75) is 13.1 Å². The Balaban J connectivity index is 1.57. The molecule has 0 atom stereocenters. The first-order valence-corrected chi connectivity index (χ1v) is 7.25. The normalized spacial score (nSPS) is 10.6. The Bertz CT molecular complexity index is 902. The molecule has 1 N–H and O–H groups in total. The predicted molar refractivity (Wildman–Crippen MR) is 85.2 cm³/mol. The van der Waals surface area contributed by atoms with Crippen LogP contribution in [-0.4, -0.2) is 30.4 Å². The number of amides is 1. The summed E-state index contributed by atoms with van der Waals surface area (Å²) in [6.45, 7) is 0.264. The van der Waals surface area contributed by atoms with Gasteiger partial charge in [-0.05, 0) is 22.6 Å². The second kappa shape index (κ2) is 6.91. The van der Waals surface area contributed by atoms with Crippen molar-refractivity contribution in [3.8, 4) is 0 Å². The van der Waals surface area contributed by atoms with Gasteiger partial charge in [0.05, 0.1) is 23.9 Å². The van der Waals surface area contributed by atoms with Gasteiger partial charge in [-0.1, -0.05) is 12.1 Å². The largest absolute Gasteiger partial charge is 0.389 e. The minimum Gasteiger partial charge on any atom is -0.358 e. The first-order chi connectivity index (χ1) is 12.0. The number of aromatic nitrogens is 4. The zero-order valence-corrected chi connectivity index (χ0v) is 12.9. The Hall–Kier alpha value is -3.56. The molecule has 0 saturated carbocycles. The Labute approximate surface area is 140 Å². The van der Waals surface area contributed by atoms with Gasteiger partial charge in [0.15, 0.2) is 5.82 Å². The molecule has 128 valence electrons. The second-order valence-corrected chi connectivity index (χ2v) is 5.20. The summed E-state index contributed by atoms with van der Waals surface area (Å²) in [5.74, 6) is -0.703. The van der Waals surface area contributed by atoms with Gasteiger partial charge in [0.1, 0.15) is 12.4 Å². The molecule has 0 aliphatic carbocycles. The van der Waals surface area contributed by atoms with Crippen LogP contribution in [0.5, 0.6) is 0 Å². The van der Waals surface area contributed by atoms with E-state index in [9.17, 15) is 19.3 Å². The van der Waals surface area contributed by atoms with Gasteiger partial charge in [0.25, 0.3) is 0 Å². The van der Waals surface area contributed by atoms with Crippen molar-refractivity contribution in [3.63, 3.8) is 0 Å². The van der Waals surface area contributed by atoms with E-state index in [2.05, 4.69) is 15.5 Å². The topological polar surface area (TPSA) is 108 Å². The number of carbonyl (C=O) groups excluding carboxylic acids is 1. The van der Waals surface area contributed by atoms with E-state index >= 15 is 0 Å². The van der Waals surface area contributed by atoms with Crippen LogP contribution < -0.4 is 5.32 Å². The molecule has 0 bridgehead atoms. The van der Waals surface area contributed by atoms with Crippen molar-refractivity contribution in [3.05, 3.63) is 70.3 Å². The van der Waals surface area contributed by atoms with Crippen molar-refractivity contribution in [1.29, 1.82) is 0 Å². The Kier molecular flexibility index (Phi) is 4.50. The zero-order chi connectivity index (χ0) is 17.8. The third-order valence-electron chi connectivity index (χ3n) is 3.29. The van der Waals surface area contributed by atoms with E-state index in [1.54, 1.807) is 29.1 Å². The lowest BCUT2D eigenvalue weighted by molar-refractivity contribution is -0.389. The molecule has 10 heteroatoms. The van der Waals surface area contributed by atoms with Crippen LogP contribution in [0.1, 0.15) is 5.56 Å². The maximum absolute atomic E-state index is 12.9. The van der Waals surface area contributed by atoms with Crippen LogP contribution in [0.2, 0.25) is 0 Å². The third-order valence-corrected chi connectivity index (χ3v) is 3.29. The number of hydrogen-bond acceptors (Lipinski definition) is 5. The molecule has 1 aromatic carbocycles. The van der Waals surface area contributed by atoms with E-state index in [1.165, 1.54) is 29.1 Å². The summed E-state index contributed by atoms with van der Waals surface area (Å²) in [6.07, 6.45) is 3.03. The molecular weight excluding hydrogens is 331 g/mol. The maximum Gasteiger partial charge on any atom is 0.389 e. The summed E-state index contributed by atoms with van der Waals surface area (Å²) < 4.78 is 15.7. The summed E-state index contributed by atoms with van der Waals surface area (Å²) in [5.41, 5.74) is 0.867. The van der Waals surface area contributed by atoms with Crippen molar-refractivity contribution in [2.75, 3.05) is 5.32 Å². The number of benzene rings is 1. The number of hydrogen-bond donors (Lipinski definition) is 1. The third kappa shape index (κ3) is 4.25. The molecule has 0 aliphatic rings. The van der Waals surface area contributed by atoms with Gasteiger partial charge in [-0.3, -0.25) is 9.48 Å². The number of nitro groups is 1. The van der Waals surface area contributed by atoms with E-state index in [0.717, 1.165) is 5.56 Å². The highest BCUT2D eigenvalue weighted by atomic mass is 19.1. The average molecular weight is 344 g/mol. The Morgan fingerprint density at radius 1 is 1.12 bits per heavy atom. The van der Waals surface area contributed by atoms with Gasteiger partial charge in [-0.2, -0.15) is 9.78 Å². The highest BCUT2D eigenvalue weighted by molar-refractivity contribution is 5.89. The molecule has 25 heavy (non-hydrogen) atoms. The summed E-state index contributed by atoms with van der Waals surface area (Å²) in [5, 5.41) is 21.0. The van der Waals surface area contributed by atoms with E-state index < -0.39 is 10.8 Å². The summed E-state index contributed by atoms with van der Waals surface area (Å²) in [6, 6.07) is 8.87. The first kappa shape index (κ1) is 16.3. The average Bonchev–Trinajstić information content (AvgIpc) is 3.19. The number of nitrogens with one attached hydrogen (secondary N) is 1. The Morgan fingerprint density at radius 3 is 2.52 bits per heavy atom. The molecule has 3 rings (SSSR count). The van der Waals surface area contributed by atoms with Gasteiger partial charge in [0.2, 0.25) is 5.91 Å². The van der Waals surface area contributed by atoms with Crippen LogP contribution in [0.25, 0.3) is 0 Å². The number of nitrogens with zero attached hydrogens (tertiary/aromatic N) is 5. The van der Waals surface area contributed by atoms with Gasteiger partial charge < -0.3 is 15.4 Å². The molecule has 2 heterocycles. The fourth-order valence-corrected chi connectivity index (χ4v) is 2.16. The molecule has 0 aliphatic heterocycles. The SMILES string of the molecule is O=C(Cn1ccc([N+](=O)[O-])n1)Nc1ccn(Cc2ccc(F)cc2)n1. The monoisotopic (exact) mass is 344 g/mol. The summed E-state index contributed by atoms with van der Waals surface area (Å²) in [4.78, 5) is 21.9. The van der Waals surface area contributed by atoms with Gasteiger partial charge in [-0.25, -0.2) is 4.39 Å². The molecule has 3 aromatic rings. The van der Waals surface area contributed by atoms with Crippen LogP contribution in [0.3, 0.4) is 0 Å². The molecule has 2 aromatic heterocycles. The van der Waals surface area contributed by atoms with E-state index in [-0.39, 0.29) is 18.2 Å². The maximum atomic E-state index is 12.9. The standard InChI is InChI=1S/C15H13FN6O3/c16-12-3-1-11(2-4-12)9-20-7-5-13(18-20)17-15(23)10-21-8-6-14(19-21)22(24)25/h1-8H,9-10H2,(H,17,18,23). The van der Waals surface area contributed by atoms with Crippen LogP contribution in [-0.2, 0) is 17.9 Å². The van der Waals surface area contributed by atoms with Crippen molar-refractivity contribution < 1.29 is 14.1 Å². The number of rotatable bonds is 6. The highest BCUT2D eigenvalue weighted by Gasteiger charge is 2.14. The van der Waals surface area contributed by atoms with Gasteiger partial charge in [0, 0.05) is 12.3 Å². The van der Waals surface area contributed by atoms with Crippen LogP contribution in [0, 0.1) is 15.9 Å². The van der Waals surface area contributed by atoms with E-state index in [1.807, 2.05) is 0 Å².